The van der Waals surface area contributed by atoms with Crippen LogP contribution in [0.2, 0.25) is 0 Å². The number of ether oxygens (including phenoxy) is 2. The molecule has 2 aliphatic heterocycles. The number of carbonyl (C=O) groups excluding carboxylic acids is 1. The van der Waals surface area contributed by atoms with Crippen molar-refractivity contribution in [3.8, 4) is 11.5 Å². The van der Waals surface area contributed by atoms with Crippen LogP contribution in [-0.2, 0) is 20.7 Å². The quantitative estimate of drug-likeness (QED) is 0.846. The topological polar surface area (TPSA) is 64.8 Å². The van der Waals surface area contributed by atoms with Gasteiger partial charge in [0.2, 0.25) is 11.8 Å². The molecule has 4 rings (SSSR count). The van der Waals surface area contributed by atoms with E-state index >= 15 is 0 Å². The lowest BCUT2D eigenvalue weighted by Gasteiger charge is -2.37. The van der Waals surface area contributed by atoms with Gasteiger partial charge in [0.1, 0.15) is 5.76 Å². The summed E-state index contributed by atoms with van der Waals surface area (Å²) in [5, 5.41) is 0. The van der Waals surface area contributed by atoms with Gasteiger partial charge < -0.3 is 18.8 Å². The minimum absolute atomic E-state index is 0.0738. The molecule has 6 heteroatoms. The van der Waals surface area contributed by atoms with Crippen molar-refractivity contribution in [2.24, 2.45) is 0 Å². The van der Waals surface area contributed by atoms with Gasteiger partial charge in [0.15, 0.2) is 5.79 Å². The number of likely N-dealkylation sites (tertiary alicyclic amines) is 1. The van der Waals surface area contributed by atoms with E-state index in [1.807, 2.05) is 43.0 Å². The SMILES string of the molecule is Cc1ccc(-c2nc(CC(=O)N3CCC4(CC3)OCCO4)c(C)o2)cc1. The monoisotopic (exact) mass is 356 g/mol. The van der Waals surface area contributed by atoms with Crippen molar-refractivity contribution >= 4 is 5.91 Å². The van der Waals surface area contributed by atoms with E-state index in [1.165, 1.54) is 5.56 Å². The third kappa shape index (κ3) is 3.39. The molecule has 0 unspecified atom stereocenters. The van der Waals surface area contributed by atoms with E-state index < -0.39 is 5.79 Å². The van der Waals surface area contributed by atoms with Gasteiger partial charge in [-0.3, -0.25) is 4.79 Å². The summed E-state index contributed by atoms with van der Waals surface area (Å²) in [4.78, 5) is 19.1. The van der Waals surface area contributed by atoms with Crippen LogP contribution in [0.15, 0.2) is 28.7 Å². The van der Waals surface area contributed by atoms with E-state index in [2.05, 4.69) is 4.98 Å². The zero-order chi connectivity index (χ0) is 18.1. The molecule has 1 spiro atoms. The number of carbonyl (C=O) groups is 1. The molecule has 2 fully saturated rings. The number of rotatable bonds is 3. The number of aromatic nitrogens is 1. The van der Waals surface area contributed by atoms with E-state index in [1.54, 1.807) is 0 Å². The maximum atomic E-state index is 12.7. The molecule has 1 aromatic carbocycles. The van der Waals surface area contributed by atoms with E-state index in [0.717, 1.165) is 18.4 Å². The van der Waals surface area contributed by atoms with Crippen LogP contribution in [0.1, 0.15) is 29.9 Å². The summed E-state index contributed by atoms with van der Waals surface area (Å²) < 4.78 is 17.2. The molecule has 0 N–H and O–H groups in total. The third-order valence-corrected chi connectivity index (χ3v) is 5.20. The molecule has 138 valence electrons. The fourth-order valence-electron chi connectivity index (χ4n) is 3.55. The number of nitrogens with zero attached hydrogens (tertiary/aromatic N) is 2. The van der Waals surface area contributed by atoms with Crippen molar-refractivity contribution in [2.75, 3.05) is 26.3 Å². The minimum atomic E-state index is -0.459. The van der Waals surface area contributed by atoms with Crippen molar-refractivity contribution in [3.63, 3.8) is 0 Å². The molecule has 26 heavy (non-hydrogen) atoms. The second-order valence-electron chi connectivity index (χ2n) is 7.05. The molecule has 0 radical (unpaired) electrons. The number of hydrogen-bond donors (Lipinski definition) is 0. The summed E-state index contributed by atoms with van der Waals surface area (Å²) in [6.45, 7) is 6.50. The number of hydrogen-bond acceptors (Lipinski definition) is 5. The van der Waals surface area contributed by atoms with Crippen molar-refractivity contribution in [2.45, 2.75) is 38.9 Å². The van der Waals surface area contributed by atoms with Gasteiger partial charge in [0.25, 0.3) is 0 Å². The lowest BCUT2D eigenvalue weighted by molar-refractivity contribution is -0.187. The van der Waals surface area contributed by atoms with Crippen LogP contribution in [0, 0.1) is 13.8 Å². The van der Waals surface area contributed by atoms with Crippen molar-refractivity contribution in [1.82, 2.24) is 9.88 Å². The Balaban J connectivity index is 1.41. The predicted octanol–water partition coefficient (Wildman–Crippen LogP) is 2.87. The average molecular weight is 356 g/mol. The first-order valence-corrected chi connectivity index (χ1v) is 9.14. The summed E-state index contributed by atoms with van der Waals surface area (Å²) in [6, 6.07) is 8.02. The zero-order valence-corrected chi connectivity index (χ0v) is 15.3. The Hall–Kier alpha value is -2.18. The number of piperidine rings is 1. The van der Waals surface area contributed by atoms with Gasteiger partial charge in [-0.25, -0.2) is 4.98 Å². The van der Waals surface area contributed by atoms with Gasteiger partial charge in [-0.15, -0.1) is 0 Å². The summed E-state index contributed by atoms with van der Waals surface area (Å²) >= 11 is 0. The molecular formula is C20H24N2O4. The molecule has 2 aliphatic rings. The Morgan fingerprint density at radius 2 is 1.77 bits per heavy atom. The molecule has 1 aromatic heterocycles. The van der Waals surface area contributed by atoms with Gasteiger partial charge in [-0.1, -0.05) is 17.7 Å². The summed E-state index contributed by atoms with van der Waals surface area (Å²) in [5.41, 5.74) is 2.82. The van der Waals surface area contributed by atoms with Gasteiger partial charge in [-0.2, -0.15) is 0 Å². The number of benzene rings is 1. The number of aryl methyl sites for hydroxylation is 2. The van der Waals surface area contributed by atoms with Gasteiger partial charge in [-0.05, 0) is 26.0 Å². The van der Waals surface area contributed by atoms with E-state index in [-0.39, 0.29) is 12.3 Å². The van der Waals surface area contributed by atoms with E-state index in [4.69, 9.17) is 13.9 Å². The van der Waals surface area contributed by atoms with Crippen LogP contribution >= 0.6 is 0 Å². The van der Waals surface area contributed by atoms with Crippen LogP contribution in [0.4, 0.5) is 0 Å². The zero-order valence-electron chi connectivity index (χ0n) is 15.3. The second kappa shape index (κ2) is 6.85. The Morgan fingerprint density at radius 3 is 2.42 bits per heavy atom. The van der Waals surface area contributed by atoms with Crippen molar-refractivity contribution in [1.29, 1.82) is 0 Å². The summed E-state index contributed by atoms with van der Waals surface area (Å²) in [7, 11) is 0. The number of amides is 1. The molecule has 0 aliphatic carbocycles. The van der Waals surface area contributed by atoms with E-state index in [9.17, 15) is 4.79 Å². The first kappa shape index (κ1) is 17.2. The molecule has 2 aromatic rings. The largest absolute Gasteiger partial charge is 0.441 e. The van der Waals surface area contributed by atoms with Gasteiger partial charge >= 0.3 is 0 Å². The van der Waals surface area contributed by atoms with Crippen LogP contribution in [0.5, 0.6) is 0 Å². The van der Waals surface area contributed by atoms with Crippen LogP contribution < -0.4 is 0 Å². The normalized spacial score (nSPS) is 19.2. The van der Waals surface area contributed by atoms with Crippen LogP contribution in [0.3, 0.4) is 0 Å². The molecule has 3 heterocycles. The Morgan fingerprint density at radius 1 is 1.12 bits per heavy atom. The lowest BCUT2D eigenvalue weighted by Crippen LogP contribution is -2.47. The minimum Gasteiger partial charge on any atom is -0.441 e. The van der Waals surface area contributed by atoms with Gasteiger partial charge in [0, 0.05) is 31.5 Å². The molecule has 2 saturated heterocycles. The maximum absolute atomic E-state index is 12.7. The average Bonchev–Trinajstić information content (AvgIpc) is 3.24. The van der Waals surface area contributed by atoms with Crippen molar-refractivity contribution in [3.05, 3.63) is 41.3 Å². The number of oxazole rings is 1. The summed E-state index contributed by atoms with van der Waals surface area (Å²) in [5.74, 6) is 0.879. The molecule has 6 nitrogen and oxygen atoms in total. The van der Waals surface area contributed by atoms with E-state index in [0.29, 0.717) is 43.6 Å². The standard InChI is InChI=1S/C20H24N2O4/c1-14-3-5-16(6-4-14)19-21-17(15(2)26-19)13-18(23)22-9-7-20(8-10-22)24-11-12-25-20/h3-6H,7-13H2,1-2H3. The third-order valence-electron chi connectivity index (χ3n) is 5.20. The fraction of sp³-hybridized carbons (Fsp3) is 0.500. The second-order valence-corrected chi connectivity index (χ2v) is 7.05. The summed E-state index contributed by atoms with van der Waals surface area (Å²) in [6.07, 6.45) is 1.71. The highest BCUT2D eigenvalue weighted by Gasteiger charge is 2.40. The highest BCUT2D eigenvalue weighted by molar-refractivity contribution is 5.78. The smallest absolute Gasteiger partial charge is 0.228 e. The lowest BCUT2D eigenvalue weighted by atomic mass is 10.0. The fourth-order valence-corrected chi connectivity index (χ4v) is 3.55. The Bertz CT molecular complexity index is 781. The van der Waals surface area contributed by atoms with Crippen LogP contribution in [-0.4, -0.2) is 47.9 Å². The van der Waals surface area contributed by atoms with Crippen LogP contribution in [0.25, 0.3) is 11.5 Å². The highest BCUT2D eigenvalue weighted by atomic mass is 16.7. The predicted molar refractivity (Wildman–Crippen MR) is 95.6 cm³/mol. The Kier molecular flexibility index (Phi) is 4.54. The highest BCUT2D eigenvalue weighted by Crippen LogP contribution is 2.31. The Labute approximate surface area is 153 Å². The first-order valence-electron chi connectivity index (χ1n) is 9.14. The molecular weight excluding hydrogens is 332 g/mol. The first-order chi connectivity index (χ1) is 12.5. The van der Waals surface area contributed by atoms with Crippen molar-refractivity contribution < 1.29 is 18.7 Å². The van der Waals surface area contributed by atoms with Gasteiger partial charge in [0.05, 0.1) is 25.3 Å². The molecule has 0 atom stereocenters. The molecule has 0 bridgehead atoms. The maximum Gasteiger partial charge on any atom is 0.228 e. The molecule has 1 amide bonds. The molecule has 0 saturated carbocycles.